The van der Waals surface area contributed by atoms with Crippen LogP contribution in [-0.2, 0) is 4.74 Å². The smallest absolute Gasteiger partial charge is 0.345 e. The van der Waals surface area contributed by atoms with Gasteiger partial charge in [0.25, 0.3) is 0 Å². The monoisotopic (exact) mass is 333 g/mol. The summed E-state index contributed by atoms with van der Waals surface area (Å²) in [4.78, 5) is 14.4. The van der Waals surface area contributed by atoms with Crippen LogP contribution in [0, 0.1) is 0 Å². The molecule has 6 heteroatoms. The van der Waals surface area contributed by atoms with Gasteiger partial charge in [-0.25, -0.2) is 4.79 Å². The van der Waals surface area contributed by atoms with Crippen molar-refractivity contribution in [3.63, 3.8) is 0 Å². The van der Waals surface area contributed by atoms with Gasteiger partial charge in [-0.05, 0) is 23.3 Å². The SMILES string of the molecule is O=C(O)c1ccc(-c2ccc(C(O)CN3CCOCC3)cc2)s1. The molecule has 2 N–H and O–H groups in total. The van der Waals surface area contributed by atoms with Crippen molar-refractivity contribution < 1.29 is 19.7 Å². The highest BCUT2D eigenvalue weighted by atomic mass is 32.1. The van der Waals surface area contributed by atoms with E-state index in [4.69, 9.17) is 9.84 Å². The normalized spacial score (nSPS) is 17.1. The van der Waals surface area contributed by atoms with E-state index in [0.717, 1.165) is 42.3 Å². The number of ether oxygens (including phenoxy) is 1. The summed E-state index contributed by atoms with van der Waals surface area (Å²) >= 11 is 1.25. The van der Waals surface area contributed by atoms with Gasteiger partial charge >= 0.3 is 5.97 Å². The Morgan fingerprint density at radius 3 is 2.48 bits per heavy atom. The largest absolute Gasteiger partial charge is 0.477 e. The molecule has 1 aliphatic heterocycles. The van der Waals surface area contributed by atoms with E-state index in [2.05, 4.69) is 4.90 Å². The molecule has 0 amide bonds. The van der Waals surface area contributed by atoms with E-state index in [9.17, 15) is 9.90 Å². The van der Waals surface area contributed by atoms with Gasteiger partial charge in [0, 0.05) is 24.5 Å². The molecular formula is C17H19NO4S. The van der Waals surface area contributed by atoms with E-state index in [1.165, 1.54) is 11.3 Å². The molecule has 1 aliphatic rings. The second-order valence-electron chi connectivity index (χ2n) is 5.52. The van der Waals surface area contributed by atoms with Gasteiger partial charge in [0.05, 0.1) is 19.3 Å². The summed E-state index contributed by atoms with van der Waals surface area (Å²) in [5, 5.41) is 19.3. The van der Waals surface area contributed by atoms with E-state index < -0.39 is 12.1 Å². The zero-order valence-electron chi connectivity index (χ0n) is 12.6. The number of morpholine rings is 1. The van der Waals surface area contributed by atoms with Gasteiger partial charge in [-0.3, -0.25) is 4.90 Å². The van der Waals surface area contributed by atoms with Crippen molar-refractivity contribution in [2.75, 3.05) is 32.8 Å². The summed E-state index contributed by atoms with van der Waals surface area (Å²) in [7, 11) is 0. The highest BCUT2D eigenvalue weighted by molar-refractivity contribution is 7.17. The van der Waals surface area contributed by atoms with Crippen LogP contribution in [0.1, 0.15) is 21.3 Å². The van der Waals surface area contributed by atoms with E-state index in [0.29, 0.717) is 11.4 Å². The van der Waals surface area contributed by atoms with E-state index in [1.54, 1.807) is 6.07 Å². The number of β-amino-alcohol motifs (C(OH)–C–C–N with tert-alkyl or cyclic N) is 1. The van der Waals surface area contributed by atoms with Crippen LogP contribution in [0.15, 0.2) is 36.4 Å². The molecule has 0 bridgehead atoms. The zero-order chi connectivity index (χ0) is 16.2. The Hall–Kier alpha value is -1.73. The summed E-state index contributed by atoms with van der Waals surface area (Å²) in [5.41, 5.74) is 1.83. The number of aliphatic hydroxyl groups is 1. The lowest BCUT2D eigenvalue weighted by Gasteiger charge is -2.28. The summed E-state index contributed by atoms with van der Waals surface area (Å²) in [5.74, 6) is -0.904. The van der Waals surface area contributed by atoms with Crippen LogP contribution in [0.5, 0.6) is 0 Å². The summed E-state index contributed by atoms with van der Waals surface area (Å²) in [6.45, 7) is 3.74. The number of benzene rings is 1. The highest BCUT2D eigenvalue weighted by Gasteiger charge is 2.16. The van der Waals surface area contributed by atoms with Crippen LogP contribution in [-0.4, -0.2) is 53.9 Å². The fourth-order valence-corrected chi connectivity index (χ4v) is 3.46. The minimum atomic E-state index is -0.904. The summed E-state index contributed by atoms with van der Waals surface area (Å²) < 4.78 is 5.31. The topological polar surface area (TPSA) is 70.0 Å². The minimum Gasteiger partial charge on any atom is -0.477 e. The van der Waals surface area contributed by atoms with Crippen LogP contribution in [0.2, 0.25) is 0 Å². The Morgan fingerprint density at radius 1 is 1.17 bits per heavy atom. The number of carboxylic acids is 1. The van der Waals surface area contributed by atoms with Gasteiger partial charge in [0.1, 0.15) is 4.88 Å². The van der Waals surface area contributed by atoms with E-state index in [1.807, 2.05) is 30.3 Å². The lowest BCUT2D eigenvalue weighted by Crippen LogP contribution is -2.38. The molecule has 5 nitrogen and oxygen atoms in total. The summed E-state index contributed by atoms with van der Waals surface area (Å²) in [6, 6.07) is 11.1. The molecule has 0 spiro atoms. The second-order valence-corrected chi connectivity index (χ2v) is 6.60. The first-order valence-electron chi connectivity index (χ1n) is 7.55. The number of nitrogens with zero attached hydrogens (tertiary/aromatic N) is 1. The van der Waals surface area contributed by atoms with Crippen LogP contribution in [0.4, 0.5) is 0 Å². The Kier molecular flexibility index (Phi) is 5.07. The van der Waals surface area contributed by atoms with Crippen LogP contribution >= 0.6 is 11.3 Å². The lowest BCUT2D eigenvalue weighted by atomic mass is 10.1. The van der Waals surface area contributed by atoms with Gasteiger partial charge in [-0.15, -0.1) is 11.3 Å². The molecule has 0 aliphatic carbocycles. The minimum absolute atomic E-state index is 0.330. The molecule has 1 unspecified atom stereocenters. The number of carboxylic acid groups (broad SMARTS) is 1. The molecule has 1 aromatic carbocycles. The van der Waals surface area contributed by atoms with Crippen molar-refractivity contribution >= 4 is 17.3 Å². The molecule has 0 radical (unpaired) electrons. The third kappa shape index (κ3) is 3.97. The standard InChI is InChI=1S/C17H19NO4S/c19-14(11-18-7-9-22-10-8-18)12-1-3-13(4-2-12)15-5-6-16(23-15)17(20)21/h1-6,14,19H,7-11H2,(H,20,21). The van der Waals surface area contributed by atoms with Crippen LogP contribution in [0.3, 0.4) is 0 Å². The average molecular weight is 333 g/mol. The number of thiophene rings is 1. The molecule has 2 aromatic rings. The molecule has 1 saturated heterocycles. The number of hydrogen-bond acceptors (Lipinski definition) is 5. The molecule has 1 fully saturated rings. The molecule has 122 valence electrons. The predicted molar refractivity (Wildman–Crippen MR) is 88.9 cm³/mol. The number of aromatic carboxylic acids is 1. The third-order valence-corrected chi connectivity index (χ3v) is 5.05. The molecule has 1 atom stereocenters. The second kappa shape index (κ2) is 7.23. The van der Waals surface area contributed by atoms with E-state index in [-0.39, 0.29) is 0 Å². The first kappa shape index (κ1) is 16.1. The lowest BCUT2D eigenvalue weighted by molar-refractivity contribution is 0.0143. The predicted octanol–water partition coefficient (Wildman–Crippen LogP) is 2.48. The van der Waals surface area contributed by atoms with Gasteiger partial charge in [-0.2, -0.15) is 0 Å². The fourth-order valence-electron chi connectivity index (χ4n) is 2.61. The zero-order valence-corrected chi connectivity index (χ0v) is 13.5. The molecule has 2 heterocycles. The Balaban J connectivity index is 1.66. The van der Waals surface area contributed by atoms with Crippen molar-refractivity contribution in [1.29, 1.82) is 0 Å². The molecule has 23 heavy (non-hydrogen) atoms. The van der Waals surface area contributed by atoms with Gasteiger partial charge in [-0.1, -0.05) is 24.3 Å². The molecular weight excluding hydrogens is 314 g/mol. The van der Waals surface area contributed by atoms with Crippen LogP contribution in [0.25, 0.3) is 10.4 Å². The van der Waals surface area contributed by atoms with Crippen LogP contribution < -0.4 is 0 Å². The van der Waals surface area contributed by atoms with Crippen molar-refractivity contribution in [3.8, 4) is 10.4 Å². The summed E-state index contributed by atoms with van der Waals surface area (Å²) in [6.07, 6.45) is -0.528. The number of rotatable bonds is 5. The van der Waals surface area contributed by atoms with Gasteiger partial charge < -0.3 is 14.9 Å². The maximum absolute atomic E-state index is 10.9. The molecule has 1 aromatic heterocycles. The van der Waals surface area contributed by atoms with Crippen molar-refractivity contribution in [3.05, 3.63) is 46.8 Å². The van der Waals surface area contributed by atoms with Gasteiger partial charge in [0.15, 0.2) is 0 Å². The van der Waals surface area contributed by atoms with Crippen molar-refractivity contribution in [2.24, 2.45) is 0 Å². The number of aliphatic hydroxyl groups excluding tert-OH is 1. The maximum Gasteiger partial charge on any atom is 0.345 e. The Bertz CT molecular complexity index is 661. The number of carbonyl (C=O) groups is 1. The third-order valence-electron chi connectivity index (χ3n) is 3.93. The van der Waals surface area contributed by atoms with Crippen molar-refractivity contribution in [2.45, 2.75) is 6.10 Å². The average Bonchev–Trinajstić information content (AvgIpc) is 3.06. The maximum atomic E-state index is 10.9. The first-order valence-corrected chi connectivity index (χ1v) is 8.37. The first-order chi connectivity index (χ1) is 11.1. The Labute approximate surface area is 138 Å². The molecule has 3 rings (SSSR count). The Morgan fingerprint density at radius 2 is 1.87 bits per heavy atom. The fraction of sp³-hybridized carbons (Fsp3) is 0.353. The molecule has 0 saturated carbocycles. The quantitative estimate of drug-likeness (QED) is 0.880. The highest BCUT2D eigenvalue weighted by Crippen LogP contribution is 2.29. The van der Waals surface area contributed by atoms with Gasteiger partial charge in [0.2, 0.25) is 0 Å². The van der Waals surface area contributed by atoms with Crippen molar-refractivity contribution in [1.82, 2.24) is 4.90 Å². The number of hydrogen-bond donors (Lipinski definition) is 2. The van der Waals surface area contributed by atoms with E-state index >= 15 is 0 Å².